The molecule has 1 aliphatic heterocycles. The van der Waals surface area contributed by atoms with Crippen molar-refractivity contribution in [3.8, 4) is 17.0 Å². The van der Waals surface area contributed by atoms with E-state index in [0.29, 0.717) is 41.7 Å². The molecular weight excluding hydrogens is 423 g/mol. The SMILES string of the molecule is OCCN1CCC(CNc2nnc(-c3ccc(C(F)(F)F)cc3O)c3ccncc23)CC1. The number of nitrogens with one attached hydrogen (secondary N) is 1. The molecule has 32 heavy (non-hydrogen) atoms. The number of aliphatic hydroxyl groups excluding tert-OH is 1. The molecular formula is C22H24F3N5O2. The summed E-state index contributed by atoms with van der Waals surface area (Å²) in [6, 6.07) is 4.52. The summed E-state index contributed by atoms with van der Waals surface area (Å²) in [5.74, 6) is 0.487. The largest absolute Gasteiger partial charge is 0.507 e. The van der Waals surface area contributed by atoms with Gasteiger partial charge in [0.25, 0.3) is 0 Å². The normalized spacial score (nSPS) is 15.9. The number of phenols is 1. The van der Waals surface area contributed by atoms with Crippen molar-refractivity contribution in [2.45, 2.75) is 19.0 Å². The van der Waals surface area contributed by atoms with E-state index in [1.807, 2.05) is 0 Å². The zero-order valence-electron chi connectivity index (χ0n) is 17.3. The van der Waals surface area contributed by atoms with Crippen LogP contribution in [0.4, 0.5) is 19.0 Å². The summed E-state index contributed by atoms with van der Waals surface area (Å²) >= 11 is 0. The molecule has 4 rings (SSSR count). The Morgan fingerprint density at radius 1 is 1.09 bits per heavy atom. The second-order valence-electron chi connectivity index (χ2n) is 7.94. The molecule has 0 atom stereocenters. The zero-order valence-corrected chi connectivity index (χ0v) is 17.3. The number of aliphatic hydroxyl groups is 1. The third-order valence-electron chi connectivity index (χ3n) is 5.84. The van der Waals surface area contributed by atoms with E-state index in [-0.39, 0.29) is 17.9 Å². The van der Waals surface area contributed by atoms with Crippen molar-refractivity contribution in [1.29, 1.82) is 0 Å². The predicted molar refractivity (Wildman–Crippen MR) is 114 cm³/mol. The number of benzene rings is 1. The molecule has 1 aromatic carbocycles. The number of fused-ring (bicyclic) bond motifs is 1. The van der Waals surface area contributed by atoms with Gasteiger partial charge < -0.3 is 20.4 Å². The van der Waals surface area contributed by atoms with Gasteiger partial charge >= 0.3 is 6.18 Å². The van der Waals surface area contributed by atoms with Crippen LogP contribution in [0, 0.1) is 5.92 Å². The molecule has 3 heterocycles. The van der Waals surface area contributed by atoms with Gasteiger partial charge in [-0.05, 0) is 56.1 Å². The maximum atomic E-state index is 12.9. The molecule has 3 aromatic rings. The van der Waals surface area contributed by atoms with Crippen LogP contribution in [-0.2, 0) is 6.18 Å². The molecule has 0 unspecified atom stereocenters. The Balaban J connectivity index is 1.56. The maximum absolute atomic E-state index is 12.9. The Morgan fingerprint density at radius 3 is 2.56 bits per heavy atom. The molecule has 0 bridgehead atoms. The van der Waals surface area contributed by atoms with Crippen molar-refractivity contribution >= 4 is 16.6 Å². The van der Waals surface area contributed by atoms with Gasteiger partial charge in [-0.3, -0.25) is 4.98 Å². The lowest BCUT2D eigenvalue weighted by molar-refractivity contribution is -0.137. The maximum Gasteiger partial charge on any atom is 0.416 e. The average Bonchev–Trinajstić information content (AvgIpc) is 2.78. The van der Waals surface area contributed by atoms with Gasteiger partial charge in [0.05, 0.1) is 12.2 Å². The van der Waals surface area contributed by atoms with Crippen LogP contribution in [0.25, 0.3) is 22.0 Å². The van der Waals surface area contributed by atoms with Crippen molar-refractivity contribution in [2.24, 2.45) is 5.92 Å². The van der Waals surface area contributed by atoms with Crippen LogP contribution < -0.4 is 5.32 Å². The number of β-amino-alcohol motifs (C(OH)–C–C–N with tert-alkyl or cyclic N) is 1. The fourth-order valence-electron chi connectivity index (χ4n) is 4.03. The monoisotopic (exact) mass is 447 g/mol. The minimum Gasteiger partial charge on any atom is -0.507 e. The van der Waals surface area contributed by atoms with E-state index in [2.05, 4.69) is 25.4 Å². The van der Waals surface area contributed by atoms with Gasteiger partial charge in [-0.2, -0.15) is 13.2 Å². The van der Waals surface area contributed by atoms with Crippen molar-refractivity contribution in [1.82, 2.24) is 20.1 Å². The number of aromatic nitrogens is 3. The number of piperidine rings is 1. The standard InChI is InChI=1S/C22H24F3N5O2/c23-22(24,25)15-1-2-17(19(32)11-15)20-16-3-6-26-13-18(16)21(29-28-20)27-12-14-4-7-30(8-5-14)9-10-31/h1-3,6,11,13-14,31-32H,4-5,7-10,12H2,(H,27,29). The van der Waals surface area contributed by atoms with Crippen molar-refractivity contribution < 1.29 is 23.4 Å². The number of pyridine rings is 1. The highest BCUT2D eigenvalue weighted by molar-refractivity contribution is 6.00. The number of halogens is 3. The summed E-state index contributed by atoms with van der Waals surface area (Å²) in [4.78, 5) is 6.39. The highest BCUT2D eigenvalue weighted by Crippen LogP contribution is 2.38. The summed E-state index contributed by atoms with van der Waals surface area (Å²) in [5.41, 5.74) is -0.470. The van der Waals surface area contributed by atoms with Crippen molar-refractivity contribution in [2.75, 3.05) is 38.1 Å². The van der Waals surface area contributed by atoms with E-state index < -0.39 is 17.5 Å². The lowest BCUT2D eigenvalue weighted by Crippen LogP contribution is -2.37. The molecule has 1 aliphatic rings. The van der Waals surface area contributed by atoms with Crippen LogP contribution in [0.1, 0.15) is 18.4 Å². The summed E-state index contributed by atoms with van der Waals surface area (Å²) in [5, 5.41) is 32.4. The Bertz CT molecular complexity index is 1080. The van der Waals surface area contributed by atoms with Gasteiger partial charge in [0.2, 0.25) is 0 Å². The van der Waals surface area contributed by atoms with Gasteiger partial charge in [-0.1, -0.05) is 0 Å². The summed E-state index contributed by atoms with van der Waals surface area (Å²) in [7, 11) is 0. The smallest absolute Gasteiger partial charge is 0.416 e. The number of nitrogens with zero attached hydrogens (tertiary/aromatic N) is 4. The number of aromatic hydroxyl groups is 1. The molecule has 1 fully saturated rings. The minimum atomic E-state index is -4.55. The Labute approximate surface area is 182 Å². The quantitative estimate of drug-likeness (QED) is 0.532. The molecule has 10 heteroatoms. The number of hydrogen-bond acceptors (Lipinski definition) is 7. The van der Waals surface area contributed by atoms with E-state index in [4.69, 9.17) is 5.11 Å². The van der Waals surface area contributed by atoms with E-state index in [0.717, 1.165) is 32.0 Å². The average molecular weight is 447 g/mol. The van der Waals surface area contributed by atoms with Crippen molar-refractivity contribution in [3.63, 3.8) is 0 Å². The molecule has 0 amide bonds. The molecule has 170 valence electrons. The second kappa shape index (κ2) is 9.25. The Morgan fingerprint density at radius 2 is 1.88 bits per heavy atom. The van der Waals surface area contributed by atoms with Gasteiger partial charge in [0, 0.05) is 41.8 Å². The number of anilines is 1. The topological polar surface area (TPSA) is 94.4 Å². The zero-order chi connectivity index (χ0) is 22.7. The number of rotatable bonds is 6. The van der Waals surface area contributed by atoms with Gasteiger partial charge in [-0.25, -0.2) is 0 Å². The molecule has 0 radical (unpaired) electrons. The fraction of sp³-hybridized carbons (Fsp3) is 0.409. The van der Waals surface area contributed by atoms with Crippen LogP contribution >= 0.6 is 0 Å². The molecule has 7 nitrogen and oxygen atoms in total. The van der Waals surface area contributed by atoms with E-state index in [9.17, 15) is 18.3 Å². The third-order valence-corrected chi connectivity index (χ3v) is 5.84. The van der Waals surface area contributed by atoms with Gasteiger partial charge in [0.15, 0.2) is 5.82 Å². The summed E-state index contributed by atoms with van der Waals surface area (Å²) in [6.45, 7) is 3.44. The first-order chi connectivity index (χ1) is 15.4. The fourth-order valence-corrected chi connectivity index (χ4v) is 4.03. The lowest BCUT2D eigenvalue weighted by Gasteiger charge is -2.31. The summed E-state index contributed by atoms with van der Waals surface area (Å²) in [6.07, 6.45) is 0.661. The second-order valence-corrected chi connectivity index (χ2v) is 7.94. The summed E-state index contributed by atoms with van der Waals surface area (Å²) < 4.78 is 38.8. The molecule has 1 saturated heterocycles. The number of phenolic OH excluding ortho intramolecular Hbond substituents is 1. The molecule has 0 spiro atoms. The van der Waals surface area contributed by atoms with E-state index >= 15 is 0 Å². The number of likely N-dealkylation sites (tertiary alicyclic amines) is 1. The van der Waals surface area contributed by atoms with Crippen LogP contribution in [0.5, 0.6) is 5.75 Å². The van der Waals surface area contributed by atoms with Crippen LogP contribution in [-0.4, -0.2) is 63.1 Å². The van der Waals surface area contributed by atoms with E-state index in [1.54, 1.807) is 18.5 Å². The molecule has 0 saturated carbocycles. The molecule has 2 aromatic heterocycles. The lowest BCUT2D eigenvalue weighted by atomic mass is 9.96. The Kier molecular flexibility index (Phi) is 6.43. The number of alkyl halides is 3. The predicted octanol–water partition coefficient (Wildman–Crippen LogP) is 3.53. The van der Waals surface area contributed by atoms with Crippen LogP contribution in [0.2, 0.25) is 0 Å². The third kappa shape index (κ3) is 4.76. The first-order valence-corrected chi connectivity index (χ1v) is 10.4. The highest BCUT2D eigenvalue weighted by Gasteiger charge is 2.31. The van der Waals surface area contributed by atoms with E-state index in [1.165, 1.54) is 6.07 Å². The highest BCUT2D eigenvalue weighted by atomic mass is 19.4. The molecule has 3 N–H and O–H groups in total. The van der Waals surface area contributed by atoms with Gasteiger partial charge in [0.1, 0.15) is 11.4 Å². The Hall–Kier alpha value is -2.98. The van der Waals surface area contributed by atoms with Crippen molar-refractivity contribution in [3.05, 3.63) is 42.2 Å². The minimum absolute atomic E-state index is 0.165. The first kappa shape index (κ1) is 22.2. The van der Waals surface area contributed by atoms with Crippen LogP contribution in [0.3, 0.4) is 0 Å². The molecule has 0 aliphatic carbocycles. The van der Waals surface area contributed by atoms with Gasteiger partial charge in [-0.15, -0.1) is 10.2 Å². The first-order valence-electron chi connectivity index (χ1n) is 10.4. The number of hydrogen-bond donors (Lipinski definition) is 3. The van der Waals surface area contributed by atoms with Crippen LogP contribution in [0.15, 0.2) is 36.7 Å².